The maximum absolute atomic E-state index is 12.6. The summed E-state index contributed by atoms with van der Waals surface area (Å²) in [5.74, 6) is 0.683. The number of amides is 1. The van der Waals surface area contributed by atoms with Crippen molar-refractivity contribution < 1.29 is 4.79 Å². The molecular weight excluding hydrogens is 278 g/mol. The van der Waals surface area contributed by atoms with Crippen LogP contribution in [0.5, 0.6) is 0 Å². The summed E-state index contributed by atoms with van der Waals surface area (Å²) in [7, 11) is 0. The number of hydrogen-bond acceptors (Lipinski definition) is 2. The highest BCUT2D eigenvalue weighted by atomic mass is 35.5. The van der Waals surface area contributed by atoms with Gasteiger partial charge < -0.3 is 4.90 Å². The molecule has 1 unspecified atom stereocenters. The summed E-state index contributed by atoms with van der Waals surface area (Å²) >= 11 is 7.57. The predicted molar refractivity (Wildman–Crippen MR) is 81.2 cm³/mol. The molecular formula is C15H16ClNOS. The van der Waals surface area contributed by atoms with E-state index in [1.54, 1.807) is 11.3 Å². The van der Waals surface area contributed by atoms with Crippen LogP contribution in [0, 0.1) is 0 Å². The van der Waals surface area contributed by atoms with Crippen LogP contribution in [0.3, 0.4) is 0 Å². The van der Waals surface area contributed by atoms with Crippen molar-refractivity contribution in [2.45, 2.75) is 25.3 Å². The molecule has 0 radical (unpaired) electrons. The molecule has 19 heavy (non-hydrogen) atoms. The molecule has 1 aromatic heterocycles. The smallest absolute Gasteiger partial charge is 0.264 e. The zero-order valence-electron chi connectivity index (χ0n) is 10.6. The molecule has 100 valence electrons. The highest BCUT2D eigenvalue weighted by molar-refractivity contribution is 7.20. The molecule has 2 nitrogen and oxygen atoms in total. The number of nitrogens with zero attached hydrogens (tertiary/aromatic N) is 1. The first-order valence-corrected chi connectivity index (χ1v) is 8.00. The molecule has 0 aliphatic carbocycles. The molecule has 1 aliphatic rings. The summed E-state index contributed by atoms with van der Waals surface area (Å²) in [5.41, 5.74) is 0. The van der Waals surface area contributed by atoms with Crippen LogP contribution in [0.2, 0.25) is 0 Å². The summed E-state index contributed by atoms with van der Waals surface area (Å²) in [4.78, 5) is 15.4. The number of hydrogen-bond donors (Lipinski definition) is 0. The molecule has 2 aromatic rings. The molecule has 1 amide bonds. The summed E-state index contributed by atoms with van der Waals surface area (Å²) in [6.45, 7) is 0.838. The van der Waals surface area contributed by atoms with Gasteiger partial charge in [0.2, 0.25) is 0 Å². The fourth-order valence-corrected chi connectivity index (χ4v) is 4.00. The molecule has 0 spiro atoms. The van der Waals surface area contributed by atoms with Gasteiger partial charge in [-0.25, -0.2) is 0 Å². The molecule has 1 aliphatic heterocycles. The maximum Gasteiger partial charge on any atom is 0.264 e. The van der Waals surface area contributed by atoms with Crippen molar-refractivity contribution in [1.82, 2.24) is 4.90 Å². The van der Waals surface area contributed by atoms with Gasteiger partial charge in [0.05, 0.1) is 4.88 Å². The predicted octanol–water partition coefficient (Wildman–Crippen LogP) is 4.13. The number of fused-ring (bicyclic) bond motifs is 1. The first kappa shape index (κ1) is 12.9. The van der Waals surface area contributed by atoms with Crippen molar-refractivity contribution >= 4 is 38.9 Å². The molecule has 0 bridgehead atoms. The average molecular weight is 294 g/mol. The Hall–Kier alpha value is -1.06. The second kappa shape index (κ2) is 5.51. The van der Waals surface area contributed by atoms with E-state index in [2.05, 4.69) is 12.1 Å². The van der Waals surface area contributed by atoms with Crippen molar-refractivity contribution in [3.05, 3.63) is 35.2 Å². The SMILES string of the molecule is O=C(c1cc2ccccc2s1)N1CCCCC1CCl. The largest absolute Gasteiger partial charge is 0.334 e. The van der Waals surface area contributed by atoms with Gasteiger partial charge in [-0.2, -0.15) is 0 Å². The van der Waals surface area contributed by atoms with Gasteiger partial charge in [0.15, 0.2) is 0 Å². The lowest BCUT2D eigenvalue weighted by Gasteiger charge is -2.34. The number of likely N-dealkylation sites (tertiary alicyclic amines) is 1. The van der Waals surface area contributed by atoms with Gasteiger partial charge in [0.25, 0.3) is 5.91 Å². The van der Waals surface area contributed by atoms with E-state index in [-0.39, 0.29) is 11.9 Å². The van der Waals surface area contributed by atoms with E-state index in [9.17, 15) is 4.79 Å². The fourth-order valence-electron chi connectivity index (χ4n) is 2.66. The van der Waals surface area contributed by atoms with E-state index in [1.807, 2.05) is 23.1 Å². The van der Waals surface area contributed by atoms with E-state index in [0.29, 0.717) is 5.88 Å². The number of alkyl halides is 1. The third-order valence-electron chi connectivity index (χ3n) is 3.70. The number of rotatable bonds is 2. The Morgan fingerprint density at radius 1 is 1.37 bits per heavy atom. The average Bonchev–Trinajstić information content (AvgIpc) is 2.90. The standard InChI is InChI=1S/C15H16ClNOS/c16-10-12-6-3-4-8-17(12)15(18)14-9-11-5-1-2-7-13(11)19-14/h1-2,5,7,9,12H,3-4,6,8,10H2. The van der Waals surface area contributed by atoms with Gasteiger partial charge in [-0.1, -0.05) is 18.2 Å². The molecule has 4 heteroatoms. The number of halogens is 1. The number of carbonyl (C=O) groups is 1. The Balaban J connectivity index is 1.89. The van der Waals surface area contributed by atoms with Crippen molar-refractivity contribution in [2.24, 2.45) is 0 Å². The maximum atomic E-state index is 12.6. The normalized spacial score (nSPS) is 19.8. The lowest BCUT2D eigenvalue weighted by molar-refractivity contribution is 0.0644. The van der Waals surface area contributed by atoms with Gasteiger partial charge in [-0.3, -0.25) is 4.79 Å². The highest BCUT2D eigenvalue weighted by Gasteiger charge is 2.27. The van der Waals surface area contributed by atoms with Crippen LogP contribution in [0.15, 0.2) is 30.3 Å². The van der Waals surface area contributed by atoms with E-state index in [4.69, 9.17) is 11.6 Å². The third-order valence-corrected chi connectivity index (χ3v) is 5.16. The molecule has 1 aromatic carbocycles. The molecule has 0 N–H and O–H groups in total. The summed E-state index contributed by atoms with van der Waals surface area (Å²) < 4.78 is 1.17. The fraction of sp³-hybridized carbons (Fsp3) is 0.400. The topological polar surface area (TPSA) is 20.3 Å². The summed E-state index contributed by atoms with van der Waals surface area (Å²) in [5, 5.41) is 1.15. The quantitative estimate of drug-likeness (QED) is 0.762. The lowest BCUT2D eigenvalue weighted by atomic mass is 10.0. The monoisotopic (exact) mass is 293 g/mol. The van der Waals surface area contributed by atoms with Crippen molar-refractivity contribution in [2.75, 3.05) is 12.4 Å². The lowest BCUT2D eigenvalue weighted by Crippen LogP contribution is -2.44. The van der Waals surface area contributed by atoms with Gasteiger partial charge >= 0.3 is 0 Å². The molecule has 2 heterocycles. The van der Waals surface area contributed by atoms with Crippen LogP contribution in [-0.2, 0) is 0 Å². The van der Waals surface area contributed by atoms with Gasteiger partial charge in [0, 0.05) is 23.2 Å². The van der Waals surface area contributed by atoms with Crippen LogP contribution in [-0.4, -0.2) is 29.3 Å². The molecule has 1 fully saturated rings. The van der Waals surface area contributed by atoms with Crippen LogP contribution in [0.25, 0.3) is 10.1 Å². The van der Waals surface area contributed by atoms with E-state index >= 15 is 0 Å². The van der Waals surface area contributed by atoms with E-state index in [1.165, 1.54) is 11.1 Å². The van der Waals surface area contributed by atoms with Crippen molar-refractivity contribution in [1.29, 1.82) is 0 Å². The minimum atomic E-state index is 0.145. The Bertz CT molecular complexity index is 562. The Labute approximate surface area is 122 Å². The van der Waals surface area contributed by atoms with Crippen LogP contribution in [0.4, 0.5) is 0 Å². The Morgan fingerprint density at radius 3 is 3.00 bits per heavy atom. The number of piperidine rings is 1. The molecule has 1 atom stereocenters. The number of thiophene rings is 1. The summed E-state index contributed by atoms with van der Waals surface area (Å²) in [6, 6.07) is 10.3. The third kappa shape index (κ3) is 2.49. The van der Waals surface area contributed by atoms with Crippen LogP contribution in [0.1, 0.15) is 28.9 Å². The minimum absolute atomic E-state index is 0.145. The van der Waals surface area contributed by atoms with Crippen molar-refractivity contribution in [3.8, 4) is 0 Å². The van der Waals surface area contributed by atoms with Gasteiger partial charge in [-0.05, 0) is 36.8 Å². The zero-order valence-corrected chi connectivity index (χ0v) is 12.2. The zero-order chi connectivity index (χ0) is 13.2. The molecule has 1 saturated heterocycles. The van der Waals surface area contributed by atoms with Gasteiger partial charge in [-0.15, -0.1) is 22.9 Å². The number of benzene rings is 1. The van der Waals surface area contributed by atoms with E-state index < -0.39 is 0 Å². The molecule has 3 rings (SSSR count). The summed E-state index contributed by atoms with van der Waals surface area (Å²) in [6.07, 6.45) is 3.29. The first-order valence-electron chi connectivity index (χ1n) is 6.65. The van der Waals surface area contributed by atoms with Crippen LogP contribution >= 0.6 is 22.9 Å². The Morgan fingerprint density at radius 2 is 2.21 bits per heavy atom. The first-order chi connectivity index (χ1) is 9.29. The van der Waals surface area contributed by atoms with Gasteiger partial charge in [0.1, 0.15) is 0 Å². The second-order valence-electron chi connectivity index (χ2n) is 4.95. The minimum Gasteiger partial charge on any atom is -0.334 e. The van der Waals surface area contributed by atoms with Crippen LogP contribution < -0.4 is 0 Å². The van der Waals surface area contributed by atoms with E-state index in [0.717, 1.165) is 29.6 Å². The number of carbonyl (C=O) groups excluding carboxylic acids is 1. The Kier molecular flexibility index (Phi) is 3.76. The molecule has 0 saturated carbocycles. The second-order valence-corrected chi connectivity index (χ2v) is 6.34. The van der Waals surface area contributed by atoms with Crippen molar-refractivity contribution in [3.63, 3.8) is 0 Å². The highest BCUT2D eigenvalue weighted by Crippen LogP contribution is 2.28.